The predicted molar refractivity (Wildman–Crippen MR) is 213 cm³/mol. The first kappa shape index (κ1) is 44.1. The standard InChI is InChI=1S/C43H54N2O16/c1-5-21-7-22(10-25(47)9-21)8-23-11-31-27(40-29(18-53-31)26-12-32-41(58-36(16-46)56-32)28(6-20(2)3)39(26)59-40)13-30(23)60-61-42-38(52)37(51)33(19-54-35(50)14-34(48)49)57-43(42)55-17-24(44)15-45-4/h7,9-13,20,24,29,33,36-38,40,42-43,45-47,51-52H,5-6,8,14-19,44H2,1-4H3,(H,48,49). The minimum absolute atomic E-state index is 0.0850. The fourth-order valence-corrected chi connectivity index (χ4v) is 8.03. The molecular weight excluding hydrogens is 800 g/mol. The van der Waals surface area contributed by atoms with Gasteiger partial charge < -0.3 is 74.6 Å². The van der Waals surface area contributed by atoms with Crippen molar-refractivity contribution in [2.75, 3.05) is 40.0 Å². The van der Waals surface area contributed by atoms with Gasteiger partial charge in [0.15, 0.2) is 29.6 Å². The Kier molecular flexibility index (Phi) is 13.7. The topological polar surface area (TPSA) is 256 Å². The molecule has 1 saturated heterocycles. The van der Waals surface area contributed by atoms with E-state index in [0.717, 1.165) is 22.3 Å². The normalized spacial score (nSPS) is 25.2. The largest absolute Gasteiger partial charge is 0.508 e. The Morgan fingerprint density at radius 1 is 0.984 bits per heavy atom. The molecule has 4 aliphatic rings. The van der Waals surface area contributed by atoms with Crippen molar-refractivity contribution in [3.8, 4) is 34.5 Å². The number of carbonyl (C=O) groups is 2. The number of nitrogens with one attached hydrogen (secondary N) is 1. The molecule has 7 rings (SSSR count). The van der Waals surface area contributed by atoms with Crippen molar-refractivity contribution in [3.05, 3.63) is 69.8 Å². The smallest absolute Gasteiger partial charge is 0.317 e. The van der Waals surface area contributed by atoms with Crippen LogP contribution in [0.1, 0.15) is 72.6 Å². The van der Waals surface area contributed by atoms with Crippen molar-refractivity contribution in [1.82, 2.24) is 5.32 Å². The highest BCUT2D eigenvalue weighted by Gasteiger charge is 2.49. The number of hydrogen-bond acceptors (Lipinski definition) is 17. The first-order valence-electron chi connectivity index (χ1n) is 20.4. The number of aliphatic carboxylic acids is 1. The number of rotatable bonds is 18. The molecule has 0 bridgehead atoms. The van der Waals surface area contributed by atoms with Crippen LogP contribution in [0.4, 0.5) is 0 Å². The van der Waals surface area contributed by atoms with Crippen molar-refractivity contribution < 1.29 is 78.1 Å². The maximum Gasteiger partial charge on any atom is 0.317 e. The monoisotopic (exact) mass is 854 g/mol. The number of ether oxygens (including phenoxy) is 7. The van der Waals surface area contributed by atoms with Crippen LogP contribution >= 0.6 is 0 Å². The highest BCUT2D eigenvalue weighted by Crippen LogP contribution is 2.58. The summed E-state index contributed by atoms with van der Waals surface area (Å²) in [4.78, 5) is 35.1. The van der Waals surface area contributed by atoms with Gasteiger partial charge in [0.1, 0.15) is 61.3 Å². The molecule has 0 aromatic heterocycles. The number of nitrogens with two attached hydrogens (primary N) is 1. The van der Waals surface area contributed by atoms with E-state index in [1.165, 1.54) is 0 Å². The fourth-order valence-electron chi connectivity index (χ4n) is 8.03. The zero-order valence-corrected chi connectivity index (χ0v) is 34.4. The van der Waals surface area contributed by atoms with Gasteiger partial charge in [0.2, 0.25) is 0 Å². The van der Waals surface area contributed by atoms with Gasteiger partial charge in [-0.1, -0.05) is 26.8 Å². The summed E-state index contributed by atoms with van der Waals surface area (Å²) in [5.74, 6) is 0.0553. The van der Waals surface area contributed by atoms with E-state index in [0.29, 0.717) is 53.5 Å². The summed E-state index contributed by atoms with van der Waals surface area (Å²) in [5, 5.41) is 54.8. The Morgan fingerprint density at radius 2 is 1.77 bits per heavy atom. The van der Waals surface area contributed by atoms with Crippen molar-refractivity contribution in [1.29, 1.82) is 0 Å². The summed E-state index contributed by atoms with van der Waals surface area (Å²) in [6, 6.07) is 10.2. The van der Waals surface area contributed by atoms with Crippen LogP contribution in [-0.4, -0.2) is 121 Å². The molecule has 8 N–H and O–H groups in total. The zero-order valence-electron chi connectivity index (χ0n) is 34.4. The predicted octanol–water partition coefficient (Wildman–Crippen LogP) is 2.15. The Morgan fingerprint density at radius 3 is 2.49 bits per heavy atom. The summed E-state index contributed by atoms with van der Waals surface area (Å²) in [7, 11) is 1.71. The lowest BCUT2D eigenvalue weighted by Crippen LogP contribution is -2.61. The minimum Gasteiger partial charge on any atom is -0.508 e. The third kappa shape index (κ3) is 9.76. The molecule has 1 fully saturated rings. The number of likely N-dealkylation sites (N-methyl/N-ethyl adjacent to an activating group) is 1. The van der Waals surface area contributed by atoms with Crippen LogP contribution in [0, 0.1) is 5.92 Å². The van der Waals surface area contributed by atoms with E-state index in [1.807, 2.05) is 25.1 Å². The first-order valence-corrected chi connectivity index (χ1v) is 20.4. The number of phenolic OH excluding ortho intramolecular Hbond substituents is 1. The molecule has 0 radical (unpaired) electrons. The Labute approximate surface area is 352 Å². The second kappa shape index (κ2) is 19.0. The second-order valence-electron chi connectivity index (χ2n) is 16.1. The number of esters is 1. The molecule has 0 amide bonds. The molecule has 9 atom stereocenters. The molecule has 4 heterocycles. The average Bonchev–Trinajstić information content (AvgIpc) is 3.81. The molecule has 0 spiro atoms. The number of aryl methyl sites for hydroxylation is 1. The van der Waals surface area contributed by atoms with Gasteiger partial charge in [-0.25, -0.2) is 0 Å². The summed E-state index contributed by atoms with van der Waals surface area (Å²) in [6.45, 7) is 5.81. The van der Waals surface area contributed by atoms with E-state index >= 15 is 0 Å². The molecule has 3 aromatic carbocycles. The third-order valence-electron chi connectivity index (χ3n) is 10.9. The molecular formula is C43H54N2O16. The minimum atomic E-state index is -1.72. The van der Waals surface area contributed by atoms with Gasteiger partial charge in [-0.3, -0.25) is 9.59 Å². The van der Waals surface area contributed by atoms with Gasteiger partial charge in [-0.15, -0.1) is 0 Å². The van der Waals surface area contributed by atoms with Crippen LogP contribution in [0.2, 0.25) is 0 Å². The van der Waals surface area contributed by atoms with E-state index in [2.05, 4.69) is 19.2 Å². The summed E-state index contributed by atoms with van der Waals surface area (Å²) >= 11 is 0. The Hall–Kier alpha value is -4.92. The highest BCUT2D eigenvalue weighted by atomic mass is 17.2. The summed E-state index contributed by atoms with van der Waals surface area (Å²) in [6.07, 6.45) is -8.36. The van der Waals surface area contributed by atoms with E-state index < -0.39 is 74.1 Å². The van der Waals surface area contributed by atoms with Crippen LogP contribution in [0.5, 0.6) is 34.5 Å². The van der Waals surface area contributed by atoms with E-state index in [1.54, 1.807) is 25.2 Å². The van der Waals surface area contributed by atoms with E-state index in [9.17, 15) is 30.0 Å². The van der Waals surface area contributed by atoms with E-state index in [-0.39, 0.29) is 49.6 Å². The number of carbonyl (C=O) groups excluding carboxylic acids is 1. The SMILES string of the molecule is CCc1cc(O)cc(Cc2cc3c(cc2OOC2C(OCC(N)CNC)OC(COC(=O)CC(=O)O)C(O)C2O)C2Oc4c(cc5c(c4CC(C)C)OC(CO)O5)C2CO3)c1. The summed E-state index contributed by atoms with van der Waals surface area (Å²) < 4.78 is 42.1. The average molecular weight is 855 g/mol. The number of aromatic hydroxyl groups is 1. The third-order valence-corrected chi connectivity index (χ3v) is 10.9. The number of aliphatic hydroxyl groups is 3. The van der Waals surface area contributed by atoms with Crippen LogP contribution in [0.25, 0.3) is 0 Å². The van der Waals surface area contributed by atoms with Crippen LogP contribution in [-0.2, 0) is 47.9 Å². The van der Waals surface area contributed by atoms with Gasteiger partial charge >= 0.3 is 11.9 Å². The molecule has 4 aliphatic heterocycles. The molecule has 0 aliphatic carbocycles. The van der Waals surface area contributed by atoms with E-state index in [4.69, 9.17) is 53.8 Å². The Balaban J connectivity index is 1.21. The van der Waals surface area contributed by atoms with Gasteiger partial charge in [0, 0.05) is 41.3 Å². The fraction of sp³-hybridized carbons (Fsp3) is 0.535. The maximum absolute atomic E-state index is 12.0. The van der Waals surface area contributed by atoms with Gasteiger partial charge in [0.05, 0.1) is 19.1 Å². The number of carboxylic acid groups (broad SMARTS) is 1. The number of aliphatic hydroxyl groups excluding tert-OH is 3. The Bertz CT molecular complexity index is 2060. The molecule has 0 saturated carbocycles. The number of hydrogen-bond donors (Lipinski definition) is 7. The van der Waals surface area contributed by atoms with Crippen LogP contribution in [0.3, 0.4) is 0 Å². The molecule has 3 aromatic rings. The van der Waals surface area contributed by atoms with Gasteiger partial charge in [-0.05, 0) is 67.3 Å². The lowest BCUT2D eigenvalue weighted by molar-refractivity contribution is -0.373. The van der Waals surface area contributed by atoms with Crippen molar-refractivity contribution in [2.45, 2.75) is 102 Å². The van der Waals surface area contributed by atoms with Crippen molar-refractivity contribution >= 4 is 11.9 Å². The number of fused-ring (bicyclic) bond motifs is 6. The van der Waals surface area contributed by atoms with Gasteiger partial charge in [-0.2, -0.15) is 4.89 Å². The quantitative estimate of drug-likeness (QED) is 0.0419. The highest BCUT2D eigenvalue weighted by molar-refractivity contribution is 5.90. The number of carboxylic acids is 1. The number of benzene rings is 3. The molecule has 332 valence electrons. The second-order valence-corrected chi connectivity index (χ2v) is 16.1. The van der Waals surface area contributed by atoms with Crippen molar-refractivity contribution in [3.63, 3.8) is 0 Å². The lowest BCUT2D eigenvalue weighted by atomic mass is 9.86. The van der Waals surface area contributed by atoms with Crippen molar-refractivity contribution in [2.24, 2.45) is 11.7 Å². The van der Waals surface area contributed by atoms with Gasteiger partial charge in [0.25, 0.3) is 6.29 Å². The lowest BCUT2D eigenvalue weighted by Gasteiger charge is -2.41. The molecule has 18 heteroatoms. The summed E-state index contributed by atoms with van der Waals surface area (Å²) in [5.41, 5.74) is 10.8. The zero-order chi connectivity index (χ0) is 43.5. The number of phenols is 1. The molecule has 9 unspecified atom stereocenters. The molecule has 61 heavy (non-hydrogen) atoms. The molecule has 18 nitrogen and oxygen atoms in total. The van der Waals surface area contributed by atoms with Crippen LogP contribution in [0.15, 0.2) is 36.4 Å². The van der Waals surface area contributed by atoms with Crippen LogP contribution < -0.4 is 34.9 Å². The maximum atomic E-state index is 12.0. The first-order chi connectivity index (χ1) is 29.3.